The van der Waals surface area contributed by atoms with E-state index in [-0.39, 0.29) is 6.61 Å². The second kappa shape index (κ2) is 8.92. The van der Waals surface area contributed by atoms with Crippen molar-refractivity contribution < 1.29 is 19.1 Å². The van der Waals surface area contributed by atoms with E-state index in [0.29, 0.717) is 10.6 Å². The van der Waals surface area contributed by atoms with Crippen LogP contribution in [0.25, 0.3) is 0 Å². The van der Waals surface area contributed by atoms with E-state index in [2.05, 4.69) is 15.8 Å². The van der Waals surface area contributed by atoms with Crippen LogP contribution in [0.4, 0.5) is 5.00 Å². The number of thiophene rings is 2. The number of rotatable bonds is 5. The van der Waals surface area contributed by atoms with Crippen molar-refractivity contribution in [2.45, 2.75) is 32.6 Å². The molecule has 0 saturated heterocycles. The Labute approximate surface area is 164 Å². The molecule has 9 heteroatoms. The molecule has 27 heavy (non-hydrogen) atoms. The van der Waals surface area contributed by atoms with Gasteiger partial charge < -0.3 is 10.1 Å². The van der Waals surface area contributed by atoms with E-state index in [1.165, 1.54) is 28.9 Å². The van der Waals surface area contributed by atoms with Gasteiger partial charge in [-0.1, -0.05) is 6.07 Å². The number of anilines is 1. The van der Waals surface area contributed by atoms with Crippen LogP contribution >= 0.6 is 22.7 Å². The molecule has 2 aromatic rings. The maximum absolute atomic E-state index is 12.4. The minimum atomic E-state index is -0.899. The average Bonchev–Trinajstić information content (AvgIpc) is 3.28. The Morgan fingerprint density at radius 3 is 2.81 bits per heavy atom. The van der Waals surface area contributed by atoms with E-state index in [1.54, 1.807) is 6.92 Å². The lowest BCUT2D eigenvalue weighted by molar-refractivity contribution is -0.136. The van der Waals surface area contributed by atoms with Gasteiger partial charge in [-0.2, -0.15) is 5.10 Å². The van der Waals surface area contributed by atoms with Gasteiger partial charge in [-0.3, -0.25) is 9.59 Å². The number of hydrogen-bond donors (Lipinski definition) is 2. The summed E-state index contributed by atoms with van der Waals surface area (Å²) in [6, 6.07) is 3.69. The number of aryl methyl sites for hydroxylation is 1. The molecule has 0 aromatic carbocycles. The molecule has 0 atom stereocenters. The van der Waals surface area contributed by atoms with E-state index >= 15 is 0 Å². The molecule has 0 bridgehead atoms. The van der Waals surface area contributed by atoms with E-state index < -0.39 is 17.8 Å². The van der Waals surface area contributed by atoms with Gasteiger partial charge in [0.1, 0.15) is 5.00 Å². The molecule has 0 aliphatic heterocycles. The number of carbonyl (C=O) groups excluding carboxylic acids is 3. The zero-order valence-electron chi connectivity index (χ0n) is 14.7. The molecular weight excluding hydrogens is 386 g/mol. The summed E-state index contributed by atoms with van der Waals surface area (Å²) >= 11 is 2.79. The molecule has 1 aliphatic rings. The van der Waals surface area contributed by atoms with Crippen molar-refractivity contribution in [3.8, 4) is 0 Å². The van der Waals surface area contributed by atoms with Gasteiger partial charge in [-0.15, -0.1) is 22.7 Å². The first-order chi connectivity index (χ1) is 13.1. The van der Waals surface area contributed by atoms with Crippen LogP contribution in [0.5, 0.6) is 0 Å². The number of hydrogen-bond acceptors (Lipinski definition) is 7. The molecule has 2 heterocycles. The molecule has 2 amide bonds. The topological polar surface area (TPSA) is 96.9 Å². The molecule has 2 N–H and O–H groups in total. The van der Waals surface area contributed by atoms with Gasteiger partial charge in [0.2, 0.25) is 0 Å². The van der Waals surface area contributed by atoms with E-state index in [0.717, 1.165) is 41.0 Å². The van der Waals surface area contributed by atoms with Crippen LogP contribution < -0.4 is 10.7 Å². The zero-order valence-corrected chi connectivity index (χ0v) is 16.4. The Morgan fingerprint density at radius 2 is 2.07 bits per heavy atom. The van der Waals surface area contributed by atoms with Crippen molar-refractivity contribution in [3.05, 3.63) is 38.4 Å². The number of fused-ring (bicyclic) bond motifs is 1. The predicted octanol–water partition coefficient (Wildman–Crippen LogP) is 2.95. The van der Waals surface area contributed by atoms with Gasteiger partial charge in [-0.25, -0.2) is 10.2 Å². The Morgan fingerprint density at radius 1 is 1.26 bits per heavy atom. The van der Waals surface area contributed by atoms with Gasteiger partial charge in [0.25, 0.3) is 0 Å². The molecule has 0 fully saturated rings. The van der Waals surface area contributed by atoms with Gasteiger partial charge >= 0.3 is 17.8 Å². The minimum Gasteiger partial charge on any atom is -0.462 e. The summed E-state index contributed by atoms with van der Waals surface area (Å²) in [5.41, 5.74) is 3.49. The van der Waals surface area contributed by atoms with Crippen LogP contribution in [-0.2, 0) is 27.2 Å². The quantitative estimate of drug-likeness (QED) is 0.346. The smallest absolute Gasteiger partial charge is 0.341 e. The highest BCUT2D eigenvalue weighted by Gasteiger charge is 2.28. The third-order valence-corrected chi connectivity index (χ3v) is 6.00. The highest BCUT2D eigenvalue weighted by Crippen LogP contribution is 2.38. The highest BCUT2D eigenvalue weighted by atomic mass is 32.1. The van der Waals surface area contributed by atoms with Crippen LogP contribution in [0.3, 0.4) is 0 Å². The van der Waals surface area contributed by atoms with Crippen molar-refractivity contribution in [2.75, 3.05) is 11.9 Å². The molecule has 0 spiro atoms. The van der Waals surface area contributed by atoms with Crippen molar-refractivity contribution in [1.82, 2.24) is 5.43 Å². The fourth-order valence-corrected chi connectivity index (χ4v) is 4.66. The first kappa shape index (κ1) is 19.2. The number of nitrogens with one attached hydrogen (secondary N) is 2. The lowest BCUT2D eigenvalue weighted by Gasteiger charge is -2.12. The van der Waals surface area contributed by atoms with Crippen molar-refractivity contribution in [3.63, 3.8) is 0 Å². The predicted molar refractivity (Wildman–Crippen MR) is 106 cm³/mol. The average molecular weight is 406 g/mol. The summed E-state index contributed by atoms with van der Waals surface area (Å²) in [7, 11) is 0. The first-order valence-corrected chi connectivity index (χ1v) is 10.3. The normalized spacial score (nSPS) is 13.2. The lowest BCUT2D eigenvalue weighted by atomic mass is 9.95. The van der Waals surface area contributed by atoms with E-state index in [1.807, 2.05) is 17.5 Å². The molecular formula is C18H19N3O4S2. The van der Waals surface area contributed by atoms with Crippen LogP contribution in [0.1, 0.15) is 45.4 Å². The Kier molecular flexibility index (Phi) is 6.36. The fourth-order valence-electron chi connectivity index (χ4n) is 2.80. The Hall–Kier alpha value is -2.52. The molecule has 0 saturated carbocycles. The monoisotopic (exact) mass is 405 g/mol. The number of hydrazone groups is 1. The standard InChI is InChI=1S/C18H19N3O4S2/c1-2-25-18(24)14-12-7-3-4-8-13(12)27-17(14)20-15(22)16(23)21-19-10-11-6-5-9-26-11/h5-6,9-10H,2-4,7-8H2,1H3,(H,20,22)(H,21,23)/b19-10+. The molecule has 142 valence electrons. The van der Waals surface area contributed by atoms with Crippen LogP contribution in [0.2, 0.25) is 0 Å². The van der Waals surface area contributed by atoms with Gasteiger partial charge in [0.05, 0.1) is 18.4 Å². The minimum absolute atomic E-state index is 0.245. The summed E-state index contributed by atoms with van der Waals surface area (Å²) in [5.74, 6) is -2.24. The van der Waals surface area contributed by atoms with Gasteiger partial charge in [0, 0.05) is 9.75 Å². The number of amides is 2. The molecule has 3 rings (SSSR count). The lowest BCUT2D eigenvalue weighted by Crippen LogP contribution is -2.32. The number of ether oxygens (including phenoxy) is 1. The maximum atomic E-state index is 12.4. The summed E-state index contributed by atoms with van der Waals surface area (Å²) in [6.45, 7) is 1.97. The number of esters is 1. The number of carbonyl (C=O) groups is 3. The van der Waals surface area contributed by atoms with E-state index in [4.69, 9.17) is 4.74 Å². The van der Waals surface area contributed by atoms with Crippen LogP contribution in [0.15, 0.2) is 22.6 Å². The first-order valence-electron chi connectivity index (χ1n) is 8.59. The molecule has 7 nitrogen and oxygen atoms in total. The Balaban J connectivity index is 1.72. The van der Waals surface area contributed by atoms with Gasteiger partial charge in [0.15, 0.2) is 0 Å². The summed E-state index contributed by atoms with van der Waals surface area (Å²) < 4.78 is 5.13. The van der Waals surface area contributed by atoms with Crippen molar-refractivity contribution >= 4 is 51.7 Å². The number of nitrogens with zero attached hydrogens (tertiary/aromatic N) is 1. The zero-order chi connectivity index (χ0) is 19.2. The SMILES string of the molecule is CCOC(=O)c1c(NC(=O)C(=O)N/N=C/c2cccs2)sc2c1CCCC2. The van der Waals surface area contributed by atoms with Crippen LogP contribution in [0, 0.1) is 0 Å². The van der Waals surface area contributed by atoms with Gasteiger partial charge in [-0.05, 0) is 49.6 Å². The second-order valence-corrected chi connectivity index (χ2v) is 7.89. The highest BCUT2D eigenvalue weighted by molar-refractivity contribution is 7.17. The molecule has 0 unspecified atom stereocenters. The third-order valence-electron chi connectivity index (χ3n) is 3.99. The molecule has 2 aromatic heterocycles. The summed E-state index contributed by atoms with van der Waals surface area (Å²) in [5, 5.41) is 8.56. The summed E-state index contributed by atoms with van der Waals surface area (Å²) in [6.07, 6.45) is 5.12. The van der Waals surface area contributed by atoms with Crippen molar-refractivity contribution in [2.24, 2.45) is 5.10 Å². The summed E-state index contributed by atoms with van der Waals surface area (Å²) in [4.78, 5) is 38.5. The Bertz CT molecular complexity index is 872. The molecule has 0 radical (unpaired) electrons. The fraction of sp³-hybridized carbons (Fsp3) is 0.333. The molecule has 1 aliphatic carbocycles. The van der Waals surface area contributed by atoms with Crippen LogP contribution in [-0.4, -0.2) is 30.6 Å². The third kappa shape index (κ3) is 4.61. The second-order valence-electron chi connectivity index (χ2n) is 5.80. The van der Waals surface area contributed by atoms with E-state index in [9.17, 15) is 14.4 Å². The van der Waals surface area contributed by atoms with Crippen molar-refractivity contribution in [1.29, 1.82) is 0 Å². The largest absolute Gasteiger partial charge is 0.462 e. The maximum Gasteiger partial charge on any atom is 0.341 e.